The molecule has 140 valence electrons. The summed E-state index contributed by atoms with van der Waals surface area (Å²) in [6.07, 6.45) is 0. The zero-order chi connectivity index (χ0) is 20.5. The Morgan fingerprint density at radius 3 is 1.80 bits per heavy atom. The third-order valence-corrected chi connectivity index (χ3v) is 6.16. The lowest BCUT2D eigenvalue weighted by Gasteiger charge is -2.33. The largest absolute Gasteiger partial charge is 0.308 e. The molecule has 30 heavy (non-hydrogen) atoms. The molecule has 4 heteroatoms. The zero-order valence-electron chi connectivity index (χ0n) is 15.9. The fourth-order valence-electron chi connectivity index (χ4n) is 3.70. The van der Waals surface area contributed by atoms with Crippen LogP contribution in [0.4, 0.5) is 28.4 Å². The highest BCUT2D eigenvalue weighted by Crippen LogP contribution is 2.51. The van der Waals surface area contributed by atoms with Crippen LogP contribution in [0, 0.1) is 13.1 Å². The first-order valence-corrected chi connectivity index (χ1v) is 10.2. The van der Waals surface area contributed by atoms with Gasteiger partial charge in [-0.1, -0.05) is 66.4 Å². The summed E-state index contributed by atoms with van der Waals surface area (Å²) in [5, 5.41) is 0. The first-order valence-electron chi connectivity index (χ1n) is 9.43. The summed E-state index contributed by atoms with van der Waals surface area (Å²) in [7, 11) is 0. The number of hydrogen-bond donors (Lipinski definition) is 0. The molecule has 0 fully saturated rings. The fourth-order valence-corrected chi connectivity index (χ4v) is 4.76. The van der Waals surface area contributed by atoms with Gasteiger partial charge in [-0.25, -0.2) is 9.69 Å². The number of anilines is 3. The summed E-state index contributed by atoms with van der Waals surface area (Å²) in [6, 6.07) is 30.4. The minimum Gasteiger partial charge on any atom is -0.308 e. The lowest BCUT2D eigenvalue weighted by molar-refractivity contribution is 1.17. The van der Waals surface area contributed by atoms with Gasteiger partial charge in [-0.05, 0) is 47.5 Å². The molecule has 3 nitrogen and oxygen atoms in total. The summed E-state index contributed by atoms with van der Waals surface area (Å²) in [5.74, 6) is 0. The summed E-state index contributed by atoms with van der Waals surface area (Å²) in [5.41, 5.74) is 6.17. The lowest BCUT2D eigenvalue weighted by atomic mass is 10.0. The summed E-state index contributed by atoms with van der Waals surface area (Å²) >= 11 is 1.78. The van der Waals surface area contributed by atoms with Crippen LogP contribution in [0.5, 0.6) is 0 Å². The van der Waals surface area contributed by atoms with Crippen LogP contribution in [0.1, 0.15) is 0 Å². The van der Waals surface area contributed by atoms with Crippen molar-refractivity contribution in [1.29, 1.82) is 0 Å². The van der Waals surface area contributed by atoms with E-state index in [4.69, 9.17) is 13.1 Å². The van der Waals surface area contributed by atoms with Gasteiger partial charge in [0.05, 0.1) is 24.5 Å². The van der Waals surface area contributed by atoms with Gasteiger partial charge in [0, 0.05) is 15.5 Å². The number of nitrogens with zero attached hydrogens (tertiary/aromatic N) is 3. The Balaban J connectivity index is 1.68. The van der Waals surface area contributed by atoms with Crippen LogP contribution in [0.3, 0.4) is 0 Å². The van der Waals surface area contributed by atoms with Crippen LogP contribution in [-0.4, -0.2) is 0 Å². The predicted octanol–water partition coefficient (Wildman–Crippen LogP) is 8.39. The van der Waals surface area contributed by atoms with Crippen LogP contribution in [-0.2, 0) is 0 Å². The van der Waals surface area contributed by atoms with Crippen LogP contribution in [0.25, 0.3) is 20.8 Å². The molecular weight excluding hydrogens is 386 g/mol. The van der Waals surface area contributed by atoms with E-state index in [1.807, 2.05) is 24.3 Å². The van der Waals surface area contributed by atoms with Crippen molar-refractivity contribution in [2.45, 2.75) is 9.79 Å². The van der Waals surface area contributed by atoms with Gasteiger partial charge in [0.15, 0.2) is 11.4 Å². The Bertz CT molecular complexity index is 1280. The van der Waals surface area contributed by atoms with E-state index in [0.29, 0.717) is 11.4 Å². The molecule has 0 amide bonds. The molecular formula is C26H15N3S. The van der Waals surface area contributed by atoms with Gasteiger partial charge in [-0.15, -0.1) is 0 Å². The molecule has 5 rings (SSSR count). The Hall–Kier alpha value is -3.99. The molecule has 4 aromatic rings. The second-order valence-electron chi connectivity index (χ2n) is 6.88. The van der Waals surface area contributed by atoms with Gasteiger partial charge in [-0.2, -0.15) is 0 Å². The lowest BCUT2D eigenvalue weighted by Crippen LogP contribution is -2.14. The Kier molecular flexibility index (Phi) is 4.48. The maximum atomic E-state index is 7.35. The third-order valence-electron chi connectivity index (χ3n) is 5.03. The van der Waals surface area contributed by atoms with Gasteiger partial charge >= 0.3 is 0 Å². The van der Waals surface area contributed by atoms with Crippen molar-refractivity contribution in [3.63, 3.8) is 0 Å². The third kappa shape index (κ3) is 3.10. The SMILES string of the molecule is [C-]#[N+]c1cc([N+]#[C-])cc(-c2cccc(N3c4ccccc4Sc4ccccc43)c2)c1. The summed E-state index contributed by atoms with van der Waals surface area (Å²) < 4.78 is 0. The summed E-state index contributed by atoms with van der Waals surface area (Å²) in [6.45, 7) is 14.7. The normalized spacial score (nSPS) is 11.7. The highest BCUT2D eigenvalue weighted by atomic mass is 32.2. The second-order valence-corrected chi connectivity index (χ2v) is 7.97. The number of rotatable bonds is 2. The molecule has 1 heterocycles. The first-order chi connectivity index (χ1) is 14.8. The van der Waals surface area contributed by atoms with Gasteiger partial charge in [-0.3, -0.25) is 0 Å². The predicted molar refractivity (Wildman–Crippen MR) is 123 cm³/mol. The summed E-state index contributed by atoms with van der Waals surface area (Å²) in [4.78, 5) is 11.8. The van der Waals surface area contributed by atoms with E-state index in [9.17, 15) is 0 Å². The van der Waals surface area contributed by atoms with Crippen molar-refractivity contribution < 1.29 is 0 Å². The van der Waals surface area contributed by atoms with E-state index in [1.165, 1.54) is 9.79 Å². The molecule has 1 aliphatic heterocycles. The quantitative estimate of drug-likeness (QED) is 0.275. The average Bonchev–Trinajstić information content (AvgIpc) is 2.82. The van der Waals surface area contributed by atoms with Gasteiger partial charge in [0.2, 0.25) is 0 Å². The molecule has 4 aromatic carbocycles. The van der Waals surface area contributed by atoms with Crippen molar-refractivity contribution in [3.8, 4) is 11.1 Å². The van der Waals surface area contributed by atoms with E-state index in [0.717, 1.165) is 28.2 Å². The van der Waals surface area contributed by atoms with Crippen molar-refractivity contribution >= 4 is 40.2 Å². The van der Waals surface area contributed by atoms with Crippen LogP contribution in [0.2, 0.25) is 0 Å². The number of para-hydroxylation sites is 2. The Morgan fingerprint density at radius 1 is 0.600 bits per heavy atom. The van der Waals surface area contributed by atoms with E-state index in [1.54, 1.807) is 17.8 Å². The molecule has 1 aliphatic rings. The molecule has 0 aromatic heterocycles. The van der Waals surface area contributed by atoms with Crippen LogP contribution >= 0.6 is 11.8 Å². The van der Waals surface area contributed by atoms with Crippen LogP contribution in [0.15, 0.2) is 101 Å². The molecule has 0 spiro atoms. The molecule has 0 N–H and O–H groups in total. The van der Waals surface area contributed by atoms with E-state index < -0.39 is 0 Å². The highest BCUT2D eigenvalue weighted by Gasteiger charge is 2.24. The first kappa shape index (κ1) is 18.1. The van der Waals surface area contributed by atoms with E-state index in [-0.39, 0.29) is 0 Å². The Morgan fingerprint density at radius 2 is 1.20 bits per heavy atom. The zero-order valence-corrected chi connectivity index (χ0v) is 16.7. The van der Waals surface area contributed by atoms with Gasteiger partial charge < -0.3 is 4.90 Å². The van der Waals surface area contributed by atoms with Gasteiger partial charge in [0.25, 0.3) is 0 Å². The average molecular weight is 401 g/mol. The number of hydrogen-bond acceptors (Lipinski definition) is 2. The van der Waals surface area contributed by atoms with E-state index in [2.05, 4.69) is 75.3 Å². The highest BCUT2D eigenvalue weighted by molar-refractivity contribution is 7.99. The fraction of sp³-hybridized carbons (Fsp3) is 0. The van der Waals surface area contributed by atoms with Crippen molar-refractivity contribution in [3.05, 3.63) is 114 Å². The molecule has 0 bridgehead atoms. The molecule has 0 atom stereocenters. The van der Waals surface area contributed by atoms with Crippen LogP contribution < -0.4 is 4.90 Å². The molecule has 0 saturated heterocycles. The van der Waals surface area contributed by atoms with Crippen molar-refractivity contribution in [1.82, 2.24) is 0 Å². The second kappa shape index (κ2) is 7.44. The topological polar surface area (TPSA) is 12.0 Å². The molecule has 0 saturated carbocycles. The Labute approximate surface area is 179 Å². The molecule has 0 unspecified atom stereocenters. The molecule has 0 radical (unpaired) electrons. The minimum atomic E-state index is 0.481. The maximum absolute atomic E-state index is 7.35. The minimum absolute atomic E-state index is 0.481. The molecule has 0 aliphatic carbocycles. The van der Waals surface area contributed by atoms with Crippen molar-refractivity contribution in [2.24, 2.45) is 0 Å². The van der Waals surface area contributed by atoms with Gasteiger partial charge in [0.1, 0.15) is 0 Å². The number of benzene rings is 4. The smallest absolute Gasteiger partial charge is 0.177 e. The standard InChI is InChI=1S/C26H15N3S/c1-27-20-14-19(15-21(17-20)28-2)18-8-7-9-22(16-18)29-23-10-3-5-12-25(23)30-26-13-6-4-11-24(26)29/h3-17H. The number of fused-ring (bicyclic) bond motifs is 2. The monoisotopic (exact) mass is 401 g/mol. The van der Waals surface area contributed by atoms with E-state index >= 15 is 0 Å². The van der Waals surface area contributed by atoms with Crippen molar-refractivity contribution in [2.75, 3.05) is 4.90 Å². The maximum Gasteiger partial charge on any atom is 0.177 e.